The first-order valence-corrected chi connectivity index (χ1v) is 20.5. The van der Waals surface area contributed by atoms with Gasteiger partial charge in [-0.3, -0.25) is 24.6 Å². The second-order valence-corrected chi connectivity index (χ2v) is 17.7. The predicted molar refractivity (Wildman–Crippen MR) is 251 cm³/mol. The molecule has 326 valence electrons. The first kappa shape index (κ1) is 59.7. The van der Waals surface area contributed by atoms with E-state index in [-0.39, 0.29) is 29.1 Å². The maximum absolute atomic E-state index is 4.30. The zero-order valence-corrected chi connectivity index (χ0v) is 40.3. The molecule has 0 fully saturated rings. The Morgan fingerprint density at radius 3 is 1.23 bits per heavy atom. The van der Waals surface area contributed by atoms with Crippen molar-refractivity contribution in [3.05, 3.63) is 96.6 Å². The molecule has 0 N–H and O–H groups in total. The van der Waals surface area contributed by atoms with E-state index in [2.05, 4.69) is 156 Å². The van der Waals surface area contributed by atoms with Crippen LogP contribution in [0.15, 0.2) is 78.8 Å². The van der Waals surface area contributed by atoms with Crippen molar-refractivity contribution < 1.29 is 0 Å². The van der Waals surface area contributed by atoms with Crippen molar-refractivity contribution in [2.75, 3.05) is 7.05 Å². The van der Waals surface area contributed by atoms with Crippen molar-refractivity contribution >= 4 is 6.21 Å². The first-order chi connectivity index (χ1) is 25.8. The molecule has 1 aliphatic rings. The molecule has 1 atom stereocenters. The smallest absolute Gasteiger partial charge is 0.133 e. The van der Waals surface area contributed by atoms with E-state index < -0.39 is 0 Å². The summed E-state index contributed by atoms with van der Waals surface area (Å²) in [5.74, 6) is 0.898. The van der Waals surface area contributed by atoms with Gasteiger partial charge in [0.25, 0.3) is 0 Å². The van der Waals surface area contributed by atoms with Gasteiger partial charge in [-0.25, -0.2) is 9.97 Å². The van der Waals surface area contributed by atoms with E-state index >= 15 is 0 Å². The Hall–Kier alpha value is -4.01. The third kappa shape index (κ3) is 27.3. The van der Waals surface area contributed by atoms with Gasteiger partial charge in [-0.05, 0) is 29.7 Å². The Labute approximate surface area is 353 Å². The maximum Gasteiger partial charge on any atom is 0.133 e. The fraction of sp³-hybridized carbons (Fsp3) is 0.646. The van der Waals surface area contributed by atoms with Gasteiger partial charge in [0, 0.05) is 97.5 Å². The highest BCUT2D eigenvalue weighted by molar-refractivity contribution is 5.60. The molecular formula is C48H89N9. The standard InChI is InChI=1S/C9H13N.C8H14N2.C8H16N2.2C8H12N2.3C2H6.CH4/c1-9(2,3)8-6-4-5-7-10-8;1-8(2,3)7-5-6-10(4)9-7;1-8(2,3)7-5-6-9-10(7)4;1-8(2,3)7-6-9-4-5-10-7;1-8(2,3)7-9-5-4-6-10-7;3*1-2;/h4-7H,1-3H3;5-6H,1-4H3;6-7H,5H2,1-4H3;2*4-6H,1-3H3;3*1-2H3;1H4. The van der Waals surface area contributed by atoms with Gasteiger partial charge >= 0.3 is 0 Å². The Morgan fingerprint density at radius 1 is 0.526 bits per heavy atom. The fourth-order valence-electron chi connectivity index (χ4n) is 4.42. The number of hydrogen-bond donors (Lipinski definition) is 0. The summed E-state index contributed by atoms with van der Waals surface area (Å²) in [6.45, 7) is 44.4. The van der Waals surface area contributed by atoms with Crippen LogP contribution in [0.5, 0.6) is 0 Å². The topological polar surface area (TPSA) is 97.9 Å². The Morgan fingerprint density at radius 2 is 1.00 bits per heavy atom. The van der Waals surface area contributed by atoms with Gasteiger partial charge in [0.1, 0.15) is 5.82 Å². The molecule has 57 heavy (non-hydrogen) atoms. The van der Waals surface area contributed by atoms with E-state index in [0.29, 0.717) is 11.5 Å². The lowest BCUT2D eigenvalue weighted by molar-refractivity contribution is 0.153. The number of rotatable bonds is 0. The molecule has 0 radical (unpaired) electrons. The lowest BCUT2D eigenvalue weighted by Gasteiger charge is -2.31. The van der Waals surface area contributed by atoms with Crippen LogP contribution in [0.4, 0.5) is 0 Å². The van der Waals surface area contributed by atoms with Gasteiger partial charge in [-0.1, -0.05) is 159 Å². The summed E-state index contributed by atoms with van der Waals surface area (Å²) in [6.07, 6.45) is 15.7. The van der Waals surface area contributed by atoms with Crippen LogP contribution < -0.4 is 0 Å². The lowest BCUT2D eigenvalue weighted by Crippen LogP contribution is -2.35. The second kappa shape index (κ2) is 29.2. The van der Waals surface area contributed by atoms with Crippen molar-refractivity contribution in [1.29, 1.82) is 0 Å². The molecule has 0 aromatic carbocycles. The Kier molecular flexibility index (Phi) is 30.6. The summed E-state index contributed by atoms with van der Waals surface area (Å²) < 4.78 is 1.83. The minimum Gasteiger partial charge on any atom is -0.296 e. The SMILES string of the molecule is C.CC.CC.CC.CC(C)(C)c1ccccn1.CC(C)(C)c1cnccn1.CC(C)(C)c1ncccn1.CN1N=CCC1C(C)(C)C.Cn1ccc(C(C)(C)C)n1. The van der Waals surface area contributed by atoms with Crippen molar-refractivity contribution in [1.82, 2.24) is 39.7 Å². The van der Waals surface area contributed by atoms with E-state index in [9.17, 15) is 0 Å². The van der Waals surface area contributed by atoms with Crippen LogP contribution in [0.2, 0.25) is 0 Å². The average molecular weight is 792 g/mol. The van der Waals surface area contributed by atoms with Gasteiger partial charge in [-0.2, -0.15) is 10.2 Å². The Balaban J connectivity index is -0.000000296. The summed E-state index contributed by atoms with van der Waals surface area (Å²) in [6, 6.07) is 10.5. The van der Waals surface area contributed by atoms with Crippen molar-refractivity contribution in [2.45, 2.75) is 187 Å². The first-order valence-electron chi connectivity index (χ1n) is 20.5. The van der Waals surface area contributed by atoms with Gasteiger partial charge in [0.15, 0.2) is 0 Å². The van der Waals surface area contributed by atoms with Gasteiger partial charge in [-0.15, -0.1) is 0 Å². The predicted octanol–water partition coefficient (Wildman–Crippen LogP) is 13.1. The highest BCUT2D eigenvalue weighted by Crippen LogP contribution is 2.28. The third-order valence-electron chi connectivity index (χ3n) is 7.53. The lowest BCUT2D eigenvalue weighted by atomic mass is 9.85. The molecular weight excluding hydrogens is 703 g/mol. The molecule has 0 aliphatic carbocycles. The Bertz CT molecular complexity index is 1380. The van der Waals surface area contributed by atoms with Gasteiger partial charge in [0.05, 0.1) is 17.4 Å². The van der Waals surface area contributed by atoms with Crippen LogP contribution in [0, 0.1) is 5.41 Å². The van der Waals surface area contributed by atoms with Crippen LogP contribution >= 0.6 is 0 Å². The molecule has 9 nitrogen and oxygen atoms in total. The minimum absolute atomic E-state index is 0. The summed E-state index contributed by atoms with van der Waals surface area (Å²) in [5, 5.41) is 10.5. The molecule has 0 amide bonds. The number of nitrogens with zero attached hydrogens (tertiary/aromatic N) is 9. The molecule has 1 unspecified atom stereocenters. The summed E-state index contributed by atoms with van der Waals surface area (Å²) in [4.78, 5) is 20.7. The van der Waals surface area contributed by atoms with Crippen molar-refractivity contribution in [3.63, 3.8) is 0 Å². The summed E-state index contributed by atoms with van der Waals surface area (Å²) >= 11 is 0. The molecule has 4 aromatic heterocycles. The minimum atomic E-state index is 0. The highest BCUT2D eigenvalue weighted by atomic mass is 15.5. The van der Waals surface area contributed by atoms with E-state index in [1.54, 1.807) is 31.0 Å². The number of pyridine rings is 1. The molecule has 0 saturated carbocycles. The maximum atomic E-state index is 4.30. The van der Waals surface area contributed by atoms with E-state index in [1.807, 2.05) is 97.1 Å². The molecule has 0 bridgehead atoms. The van der Waals surface area contributed by atoms with E-state index in [1.165, 1.54) is 0 Å². The third-order valence-corrected chi connectivity index (χ3v) is 7.53. The zero-order valence-electron chi connectivity index (χ0n) is 40.3. The van der Waals surface area contributed by atoms with Gasteiger partial charge in [0.2, 0.25) is 0 Å². The van der Waals surface area contributed by atoms with E-state index in [0.717, 1.165) is 29.3 Å². The highest BCUT2D eigenvalue weighted by Gasteiger charge is 2.29. The number of hydrogen-bond acceptors (Lipinski definition) is 8. The van der Waals surface area contributed by atoms with Crippen LogP contribution in [0.25, 0.3) is 0 Å². The molecule has 5 heterocycles. The van der Waals surface area contributed by atoms with Crippen molar-refractivity contribution in [2.24, 2.45) is 17.6 Å². The summed E-state index contributed by atoms with van der Waals surface area (Å²) in [7, 11) is 3.98. The largest absolute Gasteiger partial charge is 0.296 e. The zero-order chi connectivity index (χ0) is 44.4. The second-order valence-electron chi connectivity index (χ2n) is 17.7. The van der Waals surface area contributed by atoms with Gasteiger partial charge < -0.3 is 0 Å². The average Bonchev–Trinajstić information content (AvgIpc) is 3.81. The fourth-order valence-corrected chi connectivity index (χ4v) is 4.42. The van der Waals surface area contributed by atoms with Crippen LogP contribution in [-0.4, -0.2) is 59.0 Å². The molecule has 5 rings (SSSR count). The quantitative estimate of drug-likeness (QED) is 0.175. The molecule has 4 aromatic rings. The molecule has 0 spiro atoms. The number of aromatic nitrogens is 7. The van der Waals surface area contributed by atoms with Crippen LogP contribution in [0.3, 0.4) is 0 Å². The molecule has 1 aliphatic heterocycles. The van der Waals surface area contributed by atoms with E-state index in [4.69, 9.17) is 0 Å². The molecule has 9 heteroatoms. The monoisotopic (exact) mass is 792 g/mol. The molecule has 0 saturated heterocycles. The number of aryl methyl sites for hydroxylation is 1. The van der Waals surface area contributed by atoms with Crippen LogP contribution in [0.1, 0.15) is 182 Å². The van der Waals surface area contributed by atoms with Crippen molar-refractivity contribution in [3.8, 4) is 0 Å². The summed E-state index contributed by atoms with van der Waals surface area (Å²) in [5.41, 5.74) is 4.24. The normalized spacial score (nSPS) is 13.0. The number of hydrazone groups is 1. The van der Waals surface area contributed by atoms with Crippen LogP contribution in [-0.2, 0) is 28.7 Å².